The SMILES string of the molecule is O=C(c1ccc(=O)[nH]n1)N1CCc2cccc(F)c21. The van der Waals surface area contributed by atoms with Crippen molar-refractivity contribution >= 4 is 11.6 Å². The van der Waals surface area contributed by atoms with Crippen molar-refractivity contribution in [3.8, 4) is 0 Å². The summed E-state index contributed by atoms with van der Waals surface area (Å²) in [4.78, 5) is 24.5. The van der Waals surface area contributed by atoms with Crippen molar-refractivity contribution in [3.63, 3.8) is 0 Å². The minimum atomic E-state index is -0.423. The van der Waals surface area contributed by atoms with Gasteiger partial charge in [0.05, 0.1) is 5.69 Å². The van der Waals surface area contributed by atoms with E-state index >= 15 is 0 Å². The molecule has 1 aliphatic heterocycles. The quantitative estimate of drug-likeness (QED) is 0.834. The zero-order valence-electron chi connectivity index (χ0n) is 9.89. The first kappa shape index (κ1) is 11.6. The molecule has 6 heteroatoms. The lowest BCUT2D eigenvalue weighted by atomic mass is 10.1. The average Bonchev–Trinajstić information content (AvgIpc) is 2.84. The summed E-state index contributed by atoms with van der Waals surface area (Å²) in [7, 11) is 0. The summed E-state index contributed by atoms with van der Waals surface area (Å²) in [5.74, 6) is -0.840. The van der Waals surface area contributed by atoms with Crippen molar-refractivity contribution in [2.24, 2.45) is 0 Å². The van der Waals surface area contributed by atoms with E-state index in [1.165, 1.54) is 23.1 Å². The Morgan fingerprint density at radius 1 is 1.32 bits per heavy atom. The molecule has 19 heavy (non-hydrogen) atoms. The van der Waals surface area contributed by atoms with Crippen LogP contribution in [0.2, 0.25) is 0 Å². The summed E-state index contributed by atoms with van der Waals surface area (Å²) >= 11 is 0. The third-order valence-corrected chi connectivity index (χ3v) is 3.09. The smallest absolute Gasteiger partial charge is 0.278 e. The molecule has 0 fully saturated rings. The number of nitrogens with one attached hydrogen (secondary N) is 1. The fourth-order valence-corrected chi connectivity index (χ4v) is 2.21. The van der Waals surface area contributed by atoms with Crippen LogP contribution in [0.4, 0.5) is 10.1 Å². The third-order valence-electron chi connectivity index (χ3n) is 3.09. The number of carbonyl (C=O) groups excluding carboxylic acids is 1. The summed E-state index contributed by atoms with van der Waals surface area (Å²) in [6.07, 6.45) is 0.613. The van der Waals surface area contributed by atoms with Crippen LogP contribution in [0.5, 0.6) is 0 Å². The van der Waals surface area contributed by atoms with Gasteiger partial charge in [0.1, 0.15) is 11.5 Å². The minimum Gasteiger partial charge on any atom is -0.304 e. The second-order valence-corrected chi connectivity index (χ2v) is 4.26. The zero-order valence-corrected chi connectivity index (χ0v) is 9.89. The Kier molecular flexibility index (Phi) is 2.63. The number of hydrogen-bond donors (Lipinski definition) is 1. The molecule has 5 nitrogen and oxygen atoms in total. The van der Waals surface area contributed by atoms with Gasteiger partial charge < -0.3 is 4.90 Å². The average molecular weight is 259 g/mol. The van der Waals surface area contributed by atoms with Crippen molar-refractivity contribution in [2.75, 3.05) is 11.4 Å². The zero-order chi connectivity index (χ0) is 13.4. The highest BCUT2D eigenvalue weighted by Crippen LogP contribution is 2.31. The number of rotatable bonds is 1. The Morgan fingerprint density at radius 3 is 2.89 bits per heavy atom. The number of aromatic nitrogens is 2. The molecule has 2 heterocycles. The summed E-state index contributed by atoms with van der Waals surface area (Å²) in [5, 5.41) is 5.87. The molecule has 0 saturated heterocycles. The molecule has 0 aliphatic carbocycles. The molecule has 0 radical (unpaired) electrons. The monoisotopic (exact) mass is 259 g/mol. The molecule has 0 spiro atoms. The van der Waals surface area contributed by atoms with Gasteiger partial charge >= 0.3 is 0 Å². The number of fused-ring (bicyclic) bond motifs is 1. The van der Waals surface area contributed by atoms with Crippen LogP contribution in [0.1, 0.15) is 16.1 Å². The van der Waals surface area contributed by atoms with Crippen molar-refractivity contribution in [1.82, 2.24) is 10.2 Å². The summed E-state index contributed by atoms with van der Waals surface area (Å²) in [6, 6.07) is 7.30. The molecule has 1 N–H and O–H groups in total. The Morgan fingerprint density at radius 2 is 2.16 bits per heavy atom. The Balaban J connectivity index is 2.00. The van der Waals surface area contributed by atoms with Crippen molar-refractivity contribution in [3.05, 3.63) is 57.8 Å². The number of H-pyrrole nitrogens is 1. The van der Waals surface area contributed by atoms with Gasteiger partial charge in [-0.3, -0.25) is 9.59 Å². The number of amides is 1. The maximum Gasteiger partial charge on any atom is 0.278 e. The van der Waals surface area contributed by atoms with Crippen LogP contribution in [0.15, 0.2) is 35.1 Å². The minimum absolute atomic E-state index is 0.0932. The van der Waals surface area contributed by atoms with E-state index in [-0.39, 0.29) is 11.3 Å². The van der Waals surface area contributed by atoms with Gasteiger partial charge in [0.2, 0.25) is 0 Å². The van der Waals surface area contributed by atoms with E-state index < -0.39 is 11.7 Å². The largest absolute Gasteiger partial charge is 0.304 e. The molecule has 0 unspecified atom stereocenters. The first-order valence-electron chi connectivity index (χ1n) is 5.82. The van der Waals surface area contributed by atoms with Crippen LogP contribution in [0.25, 0.3) is 0 Å². The lowest BCUT2D eigenvalue weighted by molar-refractivity contribution is 0.0982. The van der Waals surface area contributed by atoms with Gasteiger partial charge in [-0.1, -0.05) is 12.1 Å². The molecule has 96 valence electrons. The van der Waals surface area contributed by atoms with Gasteiger partial charge in [-0.25, -0.2) is 9.49 Å². The number of benzene rings is 1. The van der Waals surface area contributed by atoms with E-state index in [0.717, 1.165) is 5.56 Å². The molecule has 0 bridgehead atoms. The maximum atomic E-state index is 13.8. The predicted octanol–water partition coefficient (Wildman–Crippen LogP) is 1.11. The predicted molar refractivity (Wildman–Crippen MR) is 66.6 cm³/mol. The molecule has 2 aromatic rings. The van der Waals surface area contributed by atoms with E-state index in [0.29, 0.717) is 18.7 Å². The number of carbonyl (C=O) groups is 1. The summed E-state index contributed by atoms with van der Waals surface area (Å²) in [5.41, 5.74) is 0.818. The van der Waals surface area contributed by atoms with Gasteiger partial charge in [0.25, 0.3) is 11.5 Å². The van der Waals surface area contributed by atoms with Gasteiger partial charge in [0, 0.05) is 12.6 Å². The molecule has 1 aliphatic rings. The fourth-order valence-electron chi connectivity index (χ4n) is 2.21. The molecule has 0 saturated carbocycles. The van der Waals surface area contributed by atoms with Crippen LogP contribution in [-0.4, -0.2) is 22.6 Å². The highest BCUT2D eigenvalue weighted by Gasteiger charge is 2.29. The van der Waals surface area contributed by atoms with E-state index in [2.05, 4.69) is 10.2 Å². The van der Waals surface area contributed by atoms with Crippen LogP contribution in [0, 0.1) is 5.82 Å². The molecule has 1 amide bonds. The van der Waals surface area contributed by atoms with E-state index in [1.807, 2.05) is 0 Å². The second-order valence-electron chi connectivity index (χ2n) is 4.26. The molecular weight excluding hydrogens is 249 g/mol. The Hall–Kier alpha value is -2.50. The van der Waals surface area contributed by atoms with E-state index in [1.54, 1.807) is 12.1 Å². The number of hydrogen-bond acceptors (Lipinski definition) is 3. The van der Waals surface area contributed by atoms with Crippen molar-refractivity contribution in [2.45, 2.75) is 6.42 Å². The summed E-state index contributed by atoms with van der Waals surface area (Å²) in [6.45, 7) is 0.413. The number of anilines is 1. The van der Waals surface area contributed by atoms with E-state index in [9.17, 15) is 14.0 Å². The highest BCUT2D eigenvalue weighted by atomic mass is 19.1. The fraction of sp³-hybridized carbons (Fsp3) is 0.154. The molecule has 3 rings (SSSR count). The van der Waals surface area contributed by atoms with Gasteiger partial charge in [-0.15, -0.1) is 0 Å². The van der Waals surface area contributed by atoms with Crippen LogP contribution < -0.4 is 10.5 Å². The normalized spacial score (nSPS) is 13.4. The Labute approximate surface area is 107 Å². The maximum absolute atomic E-state index is 13.8. The number of para-hydroxylation sites is 1. The topological polar surface area (TPSA) is 66.1 Å². The lowest BCUT2D eigenvalue weighted by Crippen LogP contribution is -2.31. The highest BCUT2D eigenvalue weighted by molar-refractivity contribution is 6.06. The molecule has 0 atom stereocenters. The van der Waals surface area contributed by atoms with Crippen molar-refractivity contribution in [1.29, 1.82) is 0 Å². The molecular formula is C13H10FN3O2. The standard InChI is InChI=1S/C13H10FN3O2/c14-9-3-1-2-8-6-7-17(12(8)9)13(19)10-4-5-11(18)16-15-10/h1-5H,6-7H2,(H,16,18). The van der Waals surface area contributed by atoms with Gasteiger partial charge in [-0.2, -0.15) is 5.10 Å². The van der Waals surface area contributed by atoms with Crippen LogP contribution in [-0.2, 0) is 6.42 Å². The van der Waals surface area contributed by atoms with Crippen LogP contribution >= 0.6 is 0 Å². The molecule has 1 aromatic heterocycles. The number of aromatic amines is 1. The number of nitrogens with zero attached hydrogens (tertiary/aromatic N) is 2. The third kappa shape index (κ3) is 1.91. The Bertz CT molecular complexity index is 691. The van der Waals surface area contributed by atoms with Gasteiger partial charge in [-0.05, 0) is 24.1 Å². The lowest BCUT2D eigenvalue weighted by Gasteiger charge is -2.16. The number of halogens is 1. The van der Waals surface area contributed by atoms with Crippen LogP contribution in [0.3, 0.4) is 0 Å². The van der Waals surface area contributed by atoms with Crippen molar-refractivity contribution < 1.29 is 9.18 Å². The first-order valence-corrected chi connectivity index (χ1v) is 5.82. The summed E-state index contributed by atoms with van der Waals surface area (Å²) < 4.78 is 13.8. The van der Waals surface area contributed by atoms with E-state index in [4.69, 9.17) is 0 Å². The molecule has 1 aromatic carbocycles. The second kappa shape index (κ2) is 4.31. The van der Waals surface area contributed by atoms with Gasteiger partial charge in [0.15, 0.2) is 0 Å². The first-order chi connectivity index (χ1) is 9.16.